The van der Waals surface area contributed by atoms with Crippen LogP contribution in [0.3, 0.4) is 0 Å². The van der Waals surface area contributed by atoms with Crippen LogP contribution in [0.25, 0.3) is 0 Å². The normalized spacial score (nSPS) is 14.4. The van der Waals surface area contributed by atoms with E-state index in [-0.39, 0.29) is 18.0 Å². The number of hydrogen-bond acceptors (Lipinski definition) is 6. The molecule has 1 aliphatic rings. The van der Waals surface area contributed by atoms with Crippen molar-refractivity contribution >= 4 is 11.9 Å². The average Bonchev–Trinajstić information content (AvgIpc) is 2.95. The van der Waals surface area contributed by atoms with Gasteiger partial charge in [0.2, 0.25) is 0 Å². The van der Waals surface area contributed by atoms with E-state index in [0.717, 1.165) is 36.1 Å². The van der Waals surface area contributed by atoms with Gasteiger partial charge in [0.25, 0.3) is 0 Å². The minimum Gasteiger partial charge on any atom is -0.494 e. The Balaban J connectivity index is 1.05. The highest BCUT2D eigenvalue weighted by Gasteiger charge is 2.14. The molecule has 0 radical (unpaired) electrons. The van der Waals surface area contributed by atoms with E-state index >= 15 is 0 Å². The van der Waals surface area contributed by atoms with Gasteiger partial charge < -0.3 is 18.9 Å². The second-order valence-corrected chi connectivity index (χ2v) is 9.50. The van der Waals surface area contributed by atoms with Crippen LogP contribution in [0.15, 0.2) is 96.8 Å². The molecular weight excluding hydrogens is 492 g/mol. The summed E-state index contributed by atoms with van der Waals surface area (Å²) in [6, 6.07) is 21.7. The summed E-state index contributed by atoms with van der Waals surface area (Å²) in [6.45, 7) is 5.21. The summed E-state index contributed by atoms with van der Waals surface area (Å²) in [5, 5.41) is 0. The van der Waals surface area contributed by atoms with Gasteiger partial charge >= 0.3 is 11.9 Å². The number of ether oxygens (including phenoxy) is 4. The molecule has 0 aromatic heterocycles. The summed E-state index contributed by atoms with van der Waals surface area (Å²) in [4.78, 5) is 24.5. The Kier molecular flexibility index (Phi) is 10.1. The molecule has 0 heterocycles. The molecule has 0 saturated heterocycles. The first-order chi connectivity index (χ1) is 19.0. The maximum Gasteiger partial charge on any atom is 0.343 e. The zero-order valence-corrected chi connectivity index (χ0v) is 22.4. The lowest BCUT2D eigenvalue weighted by Gasteiger charge is -2.17. The smallest absolute Gasteiger partial charge is 0.343 e. The Labute approximate surface area is 229 Å². The number of esters is 2. The highest BCUT2D eigenvalue weighted by Crippen LogP contribution is 2.20. The SMILES string of the molecule is Cc1ccc(C(=O)OC2=CCC(OCCCCCOc3ccc(OC(=O)c4ccc(C)cc4)cc3)C=C2)cc1. The Hall–Kier alpha value is -4.16. The molecule has 0 fully saturated rings. The van der Waals surface area contributed by atoms with Crippen LogP contribution in [-0.2, 0) is 9.47 Å². The van der Waals surface area contributed by atoms with E-state index in [1.165, 1.54) is 0 Å². The molecule has 1 aliphatic carbocycles. The van der Waals surface area contributed by atoms with E-state index in [2.05, 4.69) is 0 Å². The zero-order chi connectivity index (χ0) is 27.5. The third-order valence-corrected chi connectivity index (χ3v) is 6.24. The molecule has 4 rings (SSSR count). The first kappa shape index (κ1) is 27.9. The number of carbonyl (C=O) groups excluding carboxylic acids is 2. The molecule has 202 valence electrons. The van der Waals surface area contributed by atoms with Crippen molar-refractivity contribution in [2.45, 2.75) is 45.6 Å². The van der Waals surface area contributed by atoms with Crippen LogP contribution in [0.1, 0.15) is 57.5 Å². The van der Waals surface area contributed by atoms with Gasteiger partial charge in [0.05, 0.1) is 23.8 Å². The van der Waals surface area contributed by atoms with Crippen molar-refractivity contribution in [2.75, 3.05) is 13.2 Å². The standard InChI is InChI=1S/C33H34O6/c1-24-6-10-26(11-7-24)32(34)38-30-18-14-28(15-19-30)36-22-4-3-5-23-37-29-16-20-31(21-17-29)39-33(35)27-12-8-25(2)9-13-27/h6-16,18-21,29H,3-5,17,22-23H2,1-2H3. The maximum absolute atomic E-state index is 12.2. The lowest BCUT2D eigenvalue weighted by atomic mass is 10.1. The molecule has 0 amide bonds. The van der Waals surface area contributed by atoms with Crippen LogP contribution in [0, 0.1) is 13.8 Å². The van der Waals surface area contributed by atoms with E-state index in [4.69, 9.17) is 18.9 Å². The highest BCUT2D eigenvalue weighted by molar-refractivity contribution is 5.91. The lowest BCUT2D eigenvalue weighted by Crippen LogP contribution is -2.14. The number of allylic oxidation sites excluding steroid dienone is 1. The minimum atomic E-state index is -0.382. The molecule has 1 unspecified atom stereocenters. The summed E-state index contributed by atoms with van der Waals surface area (Å²) < 4.78 is 22.6. The van der Waals surface area contributed by atoms with Gasteiger partial charge in [-0.05, 0) is 100 Å². The Bertz CT molecular complexity index is 1290. The molecule has 0 aliphatic heterocycles. The third-order valence-electron chi connectivity index (χ3n) is 6.24. The van der Waals surface area contributed by atoms with Crippen molar-refractivity contribution < 1.29 is 28.5 Å². The van der Waals surface area contributed by atoms with Crippen LogP contribution in [-0.4, -0.2) is 31.3 Å². The predicted octanol–water partition coefficient (Wildman–Crippen LogP) is 7.16. The number of rotatable bonds is 12. The van der Waals surface area contributed by atoms with Crippen LogP contribution in [0.4, 0.5) is 0 Å². The number of hydrogen-bond donors (Lipinski definition) is 0. The summed E-state index contributed by atoms with van der Waals surface area (Å²) in [5.41, 5.74) is 3.24. The topological polar surface area (TPSA) is 71.1 Å². The molecule has 0 spiro atoms. The van der Waals surface area contributed by atoms with Crippen LogP contribution < -0.4 is 9.47 Å². The third kappa shape index (κ3) is 8.97. The van der Waals surface area contributed by atoms with Crippen molar-refractivity contribution in [2.24, 2.45) is 0 Å². The van der Waals surface area contributed by atoms with Gasteiger partial charge in [0, 0.05) is 6.61 Å². The quantitative estimate of drug-likeness (QED) is 0.142. The zero-order valence-electron chi connectivity index (χ0n) is 22.4. The fraction of sp³-hybridized carbons (Fsp3) is 0.273. The van der Waals surface area contributed by atoms with E-state index in [0.29, 0.717) is 42.3 Å². The van der Waals surface area contributed by atoms with Crippen LogP contribution in [0.2, 0.25) is 0 Å². The molecule has 6 heteroatoms. The Morgan fingerprint density at radius 2 is 1.26 bits per heavy atom. The fourth-order valence-corrected chi connectivity index (χ4v) is 3.90. The molecule has 0 bridgehead atoms. The predicted molar refractivity (Wildman–Crippen MR) is 150 cm³/mol. The molecule has 3 aromatic rings. The largest absolute Gasteiger partial charge is 0.494 e. The maximum atomic E-state index is 12.2. The monoisotopic (exact) mass is 526 g/mol. The first-order valence-corrected chi connectivity index (χ1v) is 13.3. The van der Waals surface area contributed by atoms with Gasteiger partial charge in [-0.15, -0.1) is 0 Å². The van der Waals surface area contributed by atoms with Gasteiger partial charge in [-0.2, -0.15) is 0 Å². The molecule has 0 saturated carbocycles. The summed E-state index contributed by atoms with van der Waals surface area (Å²) in [7, 11) is 0. The number of aryl methyl sites for hydroxylation is 2. The van der Waals surface area contributed by atoms with E-state index in [1.807, 2.05) is 50.3 Å². The van der Waals surface area contributed by atoms with Gasteiger partial charge in [-0.25, -0.2) is 9.59 Å². The molecule has 6 nitrogen and oxygen atoms in total. The van der Waals surface area contributed by atoms with E-state index in [9.17, 15) is 9.59 Å². The second kappa shape index (κ2) is 14.1. The van der Waals surface area contributed by atoms with Gasteiger partial charge in [-0.3, -0.25) is 0 Å². The summed E-state index contributed by atoms with van der Waals surface area (Å²) in [6.07, 6.45) is 9.10. The van der Waals surface area contributed by atoms with Gasteiger partial charge in [-0.1, -0.05) is 41.5 Å². The molecule has 1 atom stereocenters. The lowest BCUT2D eigenvalue weighted by molar-refractivity contribution is 0.0612. The Morgan fingerprint density at radius 3 is 1.85 bits per heavy atom. The second-order valence-electron chi connectivity index (χ2n) is 9.50. The molecule has 3 aromatic carbocycles. The molecular formula is C33H34O6. The van der Waals surface area contributed by atoms with Crippen molar-refractivity contribution in [3.63, 3.8) is 0 Å². The Morgan fingerprint density at radius 1 is 0.692 bits per heavy atom. The molecule has 39 heavy (non-hydrogen) atoms. The fourth-order valence-electron chi connectivity index (χ4n) is 3.90. The van der Waals surface area contributed by atoms with E-state index in [1.54, 1.807) is 54.6 Å². The number of unbranched alkanes of at least 4 members (excludes halogenated alkanes) is 2. The summed E-state index contributed by atoms with van der Waals surface area (Å²) in [5.74, 6) is 1.03. The average molecular weight is 527 g/mol. The highest BCUT2D eigenvalue weighted by atomic mass is 16.5. The van der Waals surface area contributed by atoms with Crippen molar-refractivity contribution in [3.8, 4) is 11.5 Å². The first-order valence-electron chi connectivity index (χ1n) is 13.3. The van der Waals surface area contributed by atoms with Crippen LogP contribution in [0.5, 0.6) is 11.5 Å². The number of benzene rings is 3. The minimum absolute atomic E-state index is 0.0123. The summed E-state index contributed by atoms with van der Waals surface area (Å²) >= 11 is 0. The van der Waals surface area contributed by atoms with Crippen molar-refractivity contribution in [1.82, 2.24) is 0 Å². The van der Waals surface area contributed by atoms with Crippen molar-refractivity contribution in [1.29, 1.82) is 0 Å². The van der Waals surface area contributed by atoms with Gasteiger partial charge in [0.15, 0.2) is 0 Å². The van der Waals surface area contributed by atoms with Crippen molar-refractivity contribution in [3.05, 3.63) is 119 Å². The van der Waals surface area contributed by atoms with Gasteiger partial charge in [0.1, 0.15) is 17.3 Å². The molecule has 0 N–H and O–H groups in total. The van der Waals surface area contributed by atoms with Crippen LogP contribution >= 0.6 is 0 Å². The van der Waals surface area contributed by atoms with E-state index < -0.39 is 0 Å². The number of carbonyl (C=O) groups is 2.